The van der Waals surface area contributed by atoms with Crippen LogP contribution in [-0.2, 0) is 11.3 Å². The Morgan fingerprint density at radius 3 is 2.17 bits per heavy atom. The number of aliphatic hydroxyl groups is 1. The number of aliphatic hydroxyl groups excluding tert-OH is 1. The van der Waals surface area contributed by atoms with Crippen molar-refractivity contribution >= 4 is 17.6 Å². The summed E-state index contributed by atoms with van der Waals surface area (Å²) in [6.07, 6.45) is 6.63. The molecule has 6 heteroatoms. The first-order chi connectivity index (χ1) is 19.6. The number of urea groups is 1. The normalized spacial score (nSPS) is 19.7. The molecular weight excluding hydrogens is 498 g/mol. The van der Waals surface area contributed by atoms with E-state index < -0.39 is 0 Å². The number of nitrogens with one attached hydrogen (secondary N) is 1. The Balaban J connectivity index is 1.30. The summed E-state index contributed by atoms with van der Waals surface area (Å²) in [6.45, 7) is 2.16. The zero-order valence-corrected chi connectivity index (χ0v) is 23.3. The molecule has 0 bridgehead atoms. The first-order valence-electron chi connectivity index (χ1n) is 14.8. The maximum atomic E-state index is 13.6. The summed E-state index contributed by atoms with van der Waals surface area (Å²) in [5.41, 5.74) is 4.18. The van der Waals surface area contributed by atoms with E-state index in [2.05, 4.69) is 29.6 Å². The molecule has 1 saturated carbocycles. The standard InChI is InChI=1S/C34H41N3O3/c38-24-21-32(28-11-3-1-4-12-28)35-33(39)31-16-8-7-15-30(31)27-19-17-26(18-20-27)25-37(29-13-5-2-6-14-29)34(40)36-22-9-10-23-36/h1-6,11-14,17-20,30-32,38H,7-10,15-16,21-25H2,(H,35,39)/t30-,31+,32?/m1/s1. The van der Waals surface area contributed by atoms with Crippen LogP contribution in [0, 0.1) is 5.92 Å². The number of nitrogens with zero attached hydrogens (tertiary/aromatic N) is 2. The maximum absolute atomic E-state index is 13.6. The highest BCUT2D eigenvalue weighted by atomic mass is 16.3. The van der Waals surface area contributed by atoms with Gasteiger partial charge in [0.05, 0.1) is 12.6 Å². The zero-order valence-electron chi connectivity index (χ0n) is 23.3. The number of hydrogen-bond acceptors (Lipinski definition) is 3. The van der Waals surface area contributed by atoms with E-state index in [1.807, 2.05) is 70.5 Å². The van der Waals surface area contributed by atoms with Gasteiger partial charge in [-0.25, -0.2) is 4.79 Å². The molecule has 2 N–H and O–H groups in total. The molecule has 1 heterocycles. The lowest BCUT2D eigenvalue weighted by molar-refractivity contribution is -0.127. The van der Waals surface area contributed by atoms with Crippen LogP contribution < -0.4 is 10.2 Å². The summed E-state index contributed by atoms with van der Waals surface area (Å²) in [7, 11) is 0. The van der Waals surface area contributed by atoms with Gasteiger partial charge in [-0.2, -0.15) is 0 Å². The minimum absolute atomic E-state index is 0.0235. The number of amides is 3. The summed E-state index contributed by atoms with van der Waals surface area (Å²) in [5, 5.41) is 12.9. The largest absolute Gasteiger partial charge is 0.396 e. The third-order valence-corrected chi connectivity index (χ3v) is 8.46. The van der Waals surface area contributed by atoms with E-state index in [1.54, 1.807) is 0 Å². The van der Waals surface area contributed by atoms with Crippen molar-refractivity contribution in [3.63, 3.8) is 0 Å². The van der Waals surface area contributed by atoms with Gasteiger partial charge in [-0.05, 0) is 66.8 Å². The highest BCUT2D eigenvalue weighted by molar-refractivity contribution is 5.92. The van der Waals surface area contributed by atoms with Crippen molar-refractivity contribution in [1.29, 1.82) is 0 Å². The molecule has 5 rings (SSSR count). The number of rotatable bonds is 9. The Morgan fingerprint density at radius 1 is 0.850 bits per heavy atom. The van der Waals surface area contributed by atoms with E-state index in [0.29, 0.717) is 13.0 Å². The molecule has 1 saturated heterocycles. The van der Waals surface area contributed by atoms with Crippen LogP contribution in [0.15, 0.2) is 84.9 Å². The summed E-state index contributed by atoms with van der Waals surface area (Å²) in [6, 6.07) is 28.2. The topological polar surface area (TPSA) is 72.9 Å². The number of hydrogen-bond donors (Lipinski definition) is 2. The SMILES string of the molecule is O=C(NC(CCO)c1ccccc1)[C@H]1CCCC[C@@H]1c1ccc(CN(C(=O)N2CCCC2)c2ccccc2)cc1. The average Bonchev–Trinajstić information content (AvgIpc) is 3.56. The van der Waals surface area contributed by atoms with E-state index in [0.717, 1.165) is 68.4 Å². The van der Waals surface area contributed by atoms with Crippen LogP contribution in [0.4, 0.5) is 10.5 Å². The van der Waals surface area contributed by atoms with Gasteiger partial charge in [0, 0.05) is 31.3 Å². The van der Waals surface area contributed by atoms with Crippen molar-refractivity contribution in [2.45, 2.75) is 63.5 Å². The molecule has 210 valence electrons. The van der Waals surface area contributed by atoms with Gasteiger partial charge in [0.15, 0.2) is 0 Å². The molecule has 0 spiro atoms. The van der Waals surface area contributed by atoms with Crippen LogP contribution >= 0.6 is 0 Å². The van der Waals surface area contributed by atoms with Crippen molar-refractivity contribution in [2.75, 3.05) is 24.6 Å². The van der Waals surface area contributed by atoms with Gasteiger partial charge in [-0.3, -0.25) is 9.69 Å². The highest BCUT2D eigenvalue weighted by Crippen LogP contribution is 2.38. The molecule has 2 aliphatic rings. The van der Waals surface area contributed by atoms with Crippen molar-refractivity contribution in [3.8, 4) is 0 Å². The van der Waals surface area contributed by atoms with Crippen LogP contribution in [0.25, 0.3) is 0 Å². The Morgan fingerprint density at radius 2 is 1.50 bits per heavy atom. The molecule has 3 aromatic carbocycles. The molecule has 1 unspecified atom stereocenters. The summed E-state index contributed by atoms with van der Waals surface area (Å²) in [4.78, 5) is 30.8. The Kier molecular flexibility index (Phi) is 9.50. The third-order valence-electron chi connectivity index (χ3n) is 8.46. The van der Waals surface area contributed by atoms with Crippen molar-refractivity contribution < 1.29 is 14.7 Å². The molecule has 0 radical (unpaired) electrons. The lowest BCUT2D eigenvalue weighted by atomic mass is 9.74. The molecule has 1 aliphatic carbocycles. The molecule has 0 aromatic heterocycles. The molecule has 6 nitrogen and oxygen atoms in total. The van der Waals surface area contributed by atoms with E-state index in [-0.39, 0.29) is 36.4 Å². The number of benzene rings is 3. The minimum atomic E-state index is -0.194. The van der Waals surface area contributed by atoms with Gasteiger partial charge in [0.1, 0.15) is 0 Å². The molecule has 1 aliphatic heterocycles. The fourth-order valence-electron chi connectivity index (χ4n) is 6.27. The number of anilines is 1. The number of para-hydroxylation sites is 1. The minimum Gasteiger partial charge on any atom is -0.396 e. The van der Waals surface area contributed by atoms with Crippen LogP contribution in [0.5, 0.6) is 0 Å². The molecule has 2 fully saturated rings. The first kappa shape index (κ1) is 27.9. The summed E-state index contributed by atoms with van der Waals surface area (Å²) in [5.74, 6) is 0.134. The van der Waals surface area contributed by atoms with Gasteiger partial charge >= 0.3 is 6.03 Å². The third kappa shape index (κ3) is 6.73. The zero-order chi connectivity index (χ0) is 27.7. The van der Waals surface area contributed by atoms with Crippen LogP contribution in [-0.4, -0.2) is 41.6 Å². The predicted molar refractivity (Wildman–Crippen MR) is 159 cm³/mol. The van der Waals surface area contributed by atoms with Crippen LogP contribution in [0.3, 0.4) is 0 Å². The lowest BCUT2D eigenvalue weighted by Gasteiger charge is -2.33. The van der Waals surface area contributed by atoms with Crippen LogP contribution in [0.2, 0.25) is 0 Å². The second-order valence-electron chi connectivity index (χ2n) is 11.1. The Bertz CT molecular complexity index is 1230. The van der Waals surface area contributed by atoms with E-state index >= 15 is 0 Å². The smallest absolute Gasteiger partial charge is 0.324 e. The van der Waals surface area contributed by atoms with E-state index in [1.165, 1.54) is 5.56 Å². The Labute approximate surface area is 238 Å². The van der Waals surface area contributed by atoms with Crippen molar-refractivity contribution in [1.82, 2.24) is 10.2 Å². The van der Waals surface area contributed by atoms with Crippen molar-refractivity contribution in [2.24, 2.45) is 5.92 Å². The average molecular weight is 540 g/mol. The predicted octanol–water partition coefficient (Wildman–Crippen LogP) is 6.42. The second-order valence-corrected chi connectivity index (χ2v) is 11.1. The van der Waals surface area contributed by atoms with Gasteiger partial charge in [0.2, 0.25) is 5.91 Å². The molecule has 3 aromatic rings. The number of carbonyl (C=O) groups is 2. The molecule has 40 heavy (non-hydrogen) atoms. The lowest BCUT2D eigenvalue weighted by Crippen LogP contribution is -2.41. The molecular formula is C34H41N3O3. The monoisotopic (exact) mass is 539 g/mol. The summed E-state index contributed by atoms with van der Waals surface area (Å²) < 4.78 is 0. The van der Waals surface area contributed by atoms with Gasteiger partial charge in [-0.15, -0.1) is 0 Å². The highest BCUT2D eigenvalue weighted by Gasteiger charge is 2.33. The van der Waals surface area contributed by atoms with Crippen LogP contribution in [0.1, 0.15) is 73.6 Å². The fraction of sp³-hybridized carbons (Fsp3) is 0.412. The van der Waals surface area contributed by atoms with Gasteiger partial charge in [0.25, 0.3) is 0 Å². The van der Waals surface area contributed by atoms with Crippen molar-refractivity contribution in [3.05, 3.63) is 102 Å². The fourth-order valence-corrected chi connectivity index (χ4v) is 6.27. The molecule has 3 atom stereocenters. The van der Waals surface area contributed by atoms with Gasteiger partial charge in [-0.1, -0.05) is 85.6 Å². The summed E-state index contributed by atoms with van der Waals surface area (Å²) >= 11 is 0. The number of likely N-dealkylation sites (tertiary alicyclic amines) is 1. The number of carbonyl (C=O) groups excluding carboxylic acids is 2. The maximum Gasteiger partial charge on any atom is 0.324 e. The second kappa shape index (κ2) is 13.6. The van der Waals surface area contributed by atoms with Gasteiger partial charge < -0.3 is 15.3 Å². The molecule has 3 amide bonds. The van der Waals surface area contributed by atoms with E-state index in [4.69, 9.17) is 0 Å². The quantitative estimate of drug-likeness (QED) is 0.329. The van der Waals surface area contributed by atoms with E-state index in [9.17, 15) is 14.7 Å². The first-order valence-corrected chi connectivity index (χ1v) is 14.8. The Hall–Kier alpha value is -3.64.